The van der Waals surface area contributed by atoms with Gasteiger partial charge in [0.15, 0.2) is 0 Å². The molecule has 5 rings (SSSR count). The molecule has 0 bridgehead atoms. The Labute approximate surface area is 206 Å². The highest BCUT2D eigenvalue weighted by Gasteiger charge is 2.32. The van der Waals surface area contributed by atoms with E-state index in [0.29, 0.717) is 36.6 Å². The first-order chi connectivity index (χ1) is 16.6. The topological polar surface area (TPSA) is 70.6 Å². The number of hydrogen-bond acceptors (Lipinski definition) is 6. The number of nitrogens with zero attached hydrogens (tertiary/aromatic N) is 4. The van der Waals surface area contributed by atoms with Crippen molar-refractivity contribution in [1.29, 1.82) is 0 Å². The lowest BCUT2D eigenvalue weighted by Crippen LogP contribution is -2.51. The summed E-state index contributed by atoms with van der Waals surface area (Å²) in [4.78, 5) is 27.2. The van der Waals surface area contributed by atoms with Gasteiger partial charge in [0.25, 0.3) is 0 Å². The maximum absolute atomic E-state index is 13.7. The Balaban J connectivity index is 1.27. The minimum atomic E-state index is -0.227. The van der Waals surface area contributed by atoms with Crippen LogP contribution in [0, 0.1) is 0 Å². The smallest absolute Gasteiger partial charge is 0.231 e. The zero-order valence-corrected chi connectivity index (χ0v) is 20.6. The quantitative estimate of drug-likeness (QED) is 0.679. The molecule has 2 aliphatic heterocycles. The standard InChI is InChI=1S/C26H34ClN5O2/c1-18-2-7-23-24(18)25(30-17-29-23)31-10-12-32(13-11-31)26(33)22(19-3-5-20(27)6-4-19)16-28-21-8-14-34-15-9-21/h3-6,17-18,21-22,28H,2,7-16H2,1H3. The molecule has 2 atom stereocenters. The van der Waals surface area contributed by atoms with Crippen molar-refractivity contribution < 1.29 is 9.53 Å². The van der Waals surface area contributed by atoms with Crippen LogP contribution < -0.4 is 10.2 Å². The van der Waals surface area contributed by atoms with Crippen LogP contribution >= 0.6 is 11.6 Å². The third-order valence-corrected chi connectivity index (χ3v) is 7.80. The van der Waals surface area contributed by atoms with E-state index in [1.807, 2.05) is 29.2 Å². The van der Waals surface area contributed by atoms with Gasteiger partial charge in [-0.05, 0) is 49.3 Å². The van der Waals surface area contributed by atoms with Crippen LogP contribution in [0.5, 0.6) is 0 Å². The van der Waals surface area contributed by atoms with E-state index in [4.69, 9.17) is 16.3 Å². The van der Waals surface area contributed by atoms with Gasteiger partial charge in [0, 0.05) is 68.3 Å². The number of rotatable bonds is 6. The Kier molecular flexibility index (Phi) is 7.32. The molecule has 2 aromatic rings. The van der Waals surface area contributed by atoms with Crippen molar-refractivity contribution in [2.75, 3.05) is 50.8 Å². The second-order valence-electron chi connectivity index (χ2n) is 9.71. The molecule has 34 heavy (non-hydrogen) atoms. The van der Waals surface area contributed by atoms with Gasteiger partial charge in [0.1, 0.15) is 12.1 Å². The number of hydrogen-bond donors (Lipinski definition) is 1. The van der Waals surface area contributed by atoms with Gasteiger partial charge in [0.05, 0.1) is 5.92 Å². The number of aromatic nitrogens is 2. The van der Waals surface area contributed by atoms with Gasteiger partial charge in [-0.1, -0.05) is 30.7 Å². The molecule has 8 heteroatoms. The average molecular weight is 484 g/mol. The Morgan fingerprint density at radius 3 is 2.59 bits per heavy atom. The summed E-state index contributed by atoms with van der Waals surface area (Å²) in [5, 5.41) is 4.32. The number of fused-ring (bicyclic) bond motifs is 1. The molecule has 1 amide bonds. The van der Waals surface area contributed by atoms with Crippen LogP contribution in [0.2, 0.25) is 5.02 Å². The monoisotopic (exact) mass is 483 g/mol. The lowest BCUT2D eigenvalue weighted by atomic mass is 9.96. The lowest BCUT2D eigenvalue weighted by Gasteiger charge is -2.38. The summed E-state index contributed by atoms with van der Waals surface area (Å²) in [5.41, 5.74) is 3.51. The molecule has 1 N–H and O–H groups in total. The van der Waals surface area contributed by atoms with Gasteiger partial charge < -0.3 is 19.9 Å². The number of halogens is 1. The highest BCUT2D eigenvalue weighted by molar-refractivity contribution is 6.30. The molecule has 1 aromatic heterocycles. The van der Waals surface area contributed by atoms with Crippen LogP contribution in [0.25, 0.3) is 0 Å². The van der Waals surface area contributed by atoms with Gasteiger partial charge in [-0.15, -0.1) is 0 Å². The van der Waals surface area contributed by atoms with Crippen LogP contribution in [0.4, 0.5) is 5.82 Å². The van der Waals surface area contributed by atoms with Crippen molar-refractivity contribution in [1.82, 2.24) is 20.2 Å². The summed E-state index contributed by atoms with van der Waals surface area (Å²) in [6, 6.07) is 8.12. The highest BCUT2D eigenvalue weighted by atomic mass is 35.5. The molecule has 2 saturated heterocycles. The summed E-state index contributed by atoms with van der Waals surface area (Å²) in [6.45, 7) is 7.45. The maximum Gasteiger partial charge on any atom is 0.231 e. The normalized spacial score (nSPS) is 22.0. The maximum atomic E-state index is 13.7. The van der Waals surface area contributed by atoms with E-state index in [1.54, 1.807) is 6.33 Å². The van der Waals surface area contributed by atoms with E-state index >= 15 is 0 Å². The second-order valence-corrected chi connectivity index (χ2v) is 10.1. The summed E-state index contributed by atoms with van der Waals surface area (Å²) < 4.78 is 5.48. The number of anilines is 1. The van der Waals surface area contributed by atoms with Crippen LogP contribution in [0.1, 0.15) is 54.8 Å². The number of amides is 1. The van der Waals surface area contributed by atoms with E-state index in [1.165, 1.54) is 11.3 Å². The van der Waals surface area contributed by atoms with Crippen LogP contribution in [-0.2, 0) is 16.0 Å². The van der Waals surface area contributed by atoms with Gasteiger partial charge >= 0.3 is 0 Å². The molecule has 2 fully saturated rings. The Morgan fingerprint density at radius 2 is 1.85 bits per heavy atom. The van der Waals surface area contributed by atoms with Crippen molar-refractivity contribution in [3.8, 4) is 0 Å². The number of carbonyl (C=O) groups is 1. The van der Waals surface area contributed by atoms with Crippen LogP contribution in [0.3, 0.4) is 0 Å². The summed E-state index contributed by atoms with van der Waals surface area (Å²) >= 11 is 6.13. The fourth-order valence-corrected chi connectivity index (χ4v) is 5.59. The molecule has 0 spiro atoms. The minimum absolute atomic E-state index is 0.183. The first-order valence-electron chi connectivity index (χ1n) is 12.5. The molecule has 182 valence electrons. The summed E-state index contributed by atoms with van der Waals surface area (Å²) in [6.07, 6.45) is 5.85. The largest absolute Gasteiger partial charge is 0.381 e. The van der Waals surface area contributed by atoms with Crippen molar-refractivity contribution in [2.45, 2.75) is 50.5 Å². The van der Waals surface area contributed by atoms with Crippen LogP contribution in [-0.4, -0.2) is 72.8 Å². The third kappa shape index (κ3) is 5.07. The number of piperazine rings is 1. The fourth-order valence-electron chi connectivity index (χ4n) is 5.46. The van der Waals surface area contributed by atoms with E-state index < -0.39 is 0 Å². The highest BCUT2D eigenvalue weighted by Crippen LogP contribution is 2.37. The van der Waals surface area contributed by atoms with Crippen molar-refractivity contribution >= 4 is 23.3 Å². The lowest BCUT2D eigenvalue weighted by molar-refractivity contribution is -0.133. The number of ether oxygens (including phenoxy) is 1. The number of benzene rings is 1. The average Bonchev–Trinajstić information content (AvgIpc) is 3.27. The SMILES string of the molecule is CC1CCc2ncnc(N3CCN(C(=O)C(CNC4CCOCC4)c4ccc(Cl)cc4)CC3)c21. The fraction of sp³-hybridized carbons (Fsp3) is 0.577. The van der Waals surface area contributed by atoms with E-state index in [9.17, 15) is 4.79 Å². The third-order valence-electron chi connectivity index (χ3n) is 7.55. The second kappa shape index (κ2) is 10.6. The predicted octanol–water partition coefficient (Wildman–Crippen LogP) is 3.38. The summed E-state index contributed by atoms with van der Waals surface area (Å²) in [7, 11) is 0. The van der Waals surface area contributed by atoms with Gasteiger partial charge in [-0.2, -0.15) is 0 Å². The van der Waals surface area contributed by atoms with Gasteiger partial charge in [-0.3, -0.25) is 4.79 Å². The molecule has 3 heterocycles. The van der Waals surface area contributed by atoms with Crippen molar-refractivity contribution in [2.24, 2.45) is 0 Å². The summed E-state index contributed by atoms with van der Waals surface area (Å²) in [5.74, 6) is 1.52. The number of carbonyl (C=O) groups excluding carboxylic acids is 1. The van der Waals surface area contributed by atoms with Gasteiger partial charge in [-0.25, -0.2) is 9.97 Å². The van der Waals surface area contributed by atoms with Gasteiger partial charge in [0.2, 0.25) is 5.91 Å². The molecular formula is C26H34ClN5O2. The predicted molar refractivity (Wildman–Crippen MR) is 134 cm³/mol. The van der Waals surface area contributed by atoms with E-state index in [-0.39, 0.29) is 11.8 Å². The Hall–Kier alpha value is -2.22. The molecule has 7 nitrogen and oxygen atoms in total. The molecular weight excluding hydrogens is 450 g/mol. The molecule has 0 saturated carbocycles. The van der Waals surface area contributed by atoms with Crippen molar-refractivity contribution in [3.63, 3.8) is 0 Å². The Morgan fingerprint density at radius 1 is 1.12 bits per heavy atom. The number of nitrogens with one attached hydrogen (secondary N) is 1. The zero-order chi connectivity index (χ0) is 23.5. The molecule has 3 aliphatic rings. The molecule has 1 aromatic carbocycles. The first kappa shape index (κ1) is 23.5. The molecule has 1 aliphatic carbocycles. The van der Waals surface area contributed by atoms with Crippen molar-refractivity contribution in [3.05, 3.63) is 52.4 Å². The Bertz CT molecular complexity index is 987. The zero-order valence-electron chi connectivity index (χ0n) is 19.9. The van der Waals surface area contributed by atoms with E-state index in [0.717, 1.165) is 63.4 Å². The first-order valence-corrected chi connectivity index (χ1v) is 12.9. The van der Waals surface area contributed by atoms with E-state index in [2.05, 4.69) is 27.1 Å². The molecule has 0 radical (unpaired) electrons. The molecule has 2 unspecified atom stereocenters. The minimum Gasteiger partial charge on any atom is -0.381 e. The van der Waals surface area contributed by atoms with Crippen LogP contribution in [0.15, 0.2) is 30.6 Å². The number of aryl methyl sites for hydroxylation is 1.